The molecule has 2 heteroatoms. The standard InChI is InChI=1S/C12H14Cl2/c13-11-6-4-9(5-7-11)10-2-1-3-12(14)8-10/h4-7,10,12H,1-3,8H2. The van der Waals surface area contributed by atoms with Gasteiger partial charge >= 0.3 is 0 Å². The van der Waals surface area contributed by atoms with Crippen LogP contribution >= 0.6 is 23.2 Å². The molecular weight excluding hydrogens is 215 g/mol. The summed E-state index contributed by atoms with van der Waals surface area (Å²) in [6, 6.07) is 8.19. The summed E-state index contributed by atoms with van der Waals surface area (Å²) in [7, 11) is 0. The topological polar surface area (TPSA) is 0 Å². The van der Waals surface area contributed by atoms with E-state index >= 15 is 0 Å². The highest BCUT2D eigenvalue weighted by atomic mass is 35.5. The lowest BCUT2D eigenvalue weighted by atomic mass is 9.84. The van der Waals surface area contributed by atoms with Gasteiger partial charge in [0.1, 0.15) is 0 Å². The Balaban J connectivity index is 2.10. The van der Waals surface area contributed by atoms with Crippen molar-refractivity contribution in [2.45, 2.75) is 37.0 Å². The molecule has 0 bridgehead atoms. The van der Waals surface area contributed by atoms with Crippen LogP contribution in [0.4, 0.5) is 0 Å². The molecule has 0 saturated heterocycles. The number of hydrogen-bond donors (Lipinski definition) is 0. The Bertz CT molecular complexity index is 292. The quantitative estimate of drug-likeness (QED) is 0.617. The van der Waals surface area contributed by atoms with E-state index in [0.29, 0.717) is 11.3 Å². The first-order valence-corrected chi connectivity index (χ1v) is 5.96. The number of benzene rings is 1. The third-order valence-electron chi connectivity index (χ3n) is 2.95. The fraction of sp³-hybridized carbons (Fsp3) is 0.500. The lowest BCUT2D eigenvalue weighted by molar-refractivity contribution is 0.449. The molecule has 0 amide bonds. The first kappa shape index (κ1) is 10.3. The normalized spacial score (nSPS) is 27.6. The van der Waals surface area contributed by atoms with E-state index in [2.05, 4.69) is 12.1 Å². The SMILES string of the molecule is Clc1ccc(C2CCCC(Cl)C2)cc1. The maximum Gasteiger partial charge on any atom is 0.0406 e. The van der Waals surface area contributed by atoms with Crippen LogP contribution < -0.4 is 0 Å². The lowest BCUT2D eigenvalue weighted by Crippen LogP contribution is -2.13. The van der Waals surface area contributed by atoms with Crippen molar-refractivity contribution in [2.75, 3.05) is 0 Å². The average Bonchev–Trinajstić information content (AvgIpc) is 2.19. The molecule has 1 aliphatic rings. The minimum atomic E-state index is 0.365. The molecule has 0 N–H and O–H groups in total. The Morgan fingerprint density at radius 2 is 1.79 bits per heavy atom. The van der Waals surface area contributed by atoms with Gasteiger partial charge in [0.25, 0.3) is 0 Å². The summed E-state index contributed by atoms with van der Waals surface area (Å²) in [5, 5.41) is 1.18. The molecule has 0 nitrogen and oxygen atoms in total. The van der Waals surface area contributed by atoms with Gasteiger partial charge in [0.15, 0.2) is 0 Å². The van der Waals surface area contributed by atoms with E-state index in [9.17, 15) is 0 Å². The second-order valence-corrected chi connectivity index (χ2v) is 5.07. The second kappa shape index (κ2) is 4.55. The summed E-state index contributed by atoms with van der Waals surface area (Å²) >= 11 is 12.0. The monoisotopic (exact) mass is 228 g/mol. The van der Waals surface area contributed by atoms with Gasteiger partial charge in [-0.1, -0.05) is 30.2 Å². The van der Waals surface area contributed by atoms with Gasteiger partial charge < -0.3 is 0 Å². The molecule has 2 rings (SSSR count). The zero-order chi connectivity index (χ0) is 9.97. The molecule has 76 valence electrons. The minimum Gasteiger partial charge on any atom is -0.123 e. The highest BCUT2D eigenvalue weighted by molar-refractivity contribution is 6.30. The fourth-order valence-electron chi connectivity index (χ4n) is 2.17. The molecule has 2 unspecified atom stereocenters. The van der Waals surface area contributed by atoms with Gasteiger partial charge in [-0.15, -0.1) is 11.6 Å². The molecule has 0 spiro atoms. The Morgan fingerprint density at radius 3 is 2.43 bits per heavy atom. The van der Waals surface area contributed by atoms with Crippen LogP contribution in [0.2, 0.25) is 5.02 Å². The van der Waals surface area contributed by atoms with Crippen LogP contribution in [0.3, 0.4) is 0 Å². The van der Waals surface area contributed by atoms with E-state index < -0.39 is 0 Å². The van der Waals surface area contributed by atoms with E-state index in [0.717, 1.165) is 11.4 Å². The largest absolute Gasteiger partial charge is 0.123 e. The minimum absolute atomic E-state index is 0.365. The molecule has 0 aromatic heterocycles. The number of alkyl halides is 1. The van der Waals surface area contributed by atoms with Crippen molar-refractivity contribution in [3.05, 3.63) is 34.9 Å². The van der Waals surface area contributed by atoms with Crippen molar-refractivity contribution in [1.82, 2.24) is 0 Å². The number of hydrogen-bond acceptors (Lipinski definition) is 0. The molecule has 1 aliphatic carbocycles. The van der Waals surface area contributed by atoms with E-state index in [4.69, 9.17) is 23.2 Å². The van der Waals surface area contributed by atoms with Crippen molar-refractivity contribution in [3.63, 3.8) is 0 Å². The van der Waals surface area contributed by atoms with Crippen molar-refractivity contribution >= 4 is 23.2 Å². The van der Waals surface area contributed by atoms with Gasteiger partial charge in [-0.2, -0.15) is 0 Å². The molecule has 1 saturated carbocycles. The van der Waals surface area contributed by atoms with Crippen LogP contribution in [0, 0.1) is 0 Å². The van der Waals surface area contributed by atoms with Gasteiger partial charge in [0.2, 0.25) is 0 Å². The lowest BCUT2D eigenvalue weighted by Gasteiger charge is -2.25. The summed E-state index contributed by atoms with van der Waals surface area (Å²) in [5.74, 6) is 0.642. The third kappa shape index (κ3) is 2.43. The van der Waals surface area contributed by atoms with Crippen molar-refractivity contribution in [3.8, 4) is 0 Å². The van der Waals surface area contributed by atoms with Crippen LogP contribution in [-0.4, -0.2) is 5.38 Å². The molecule has 0 radical (unpaired) electrons. The van der Waals surface area contributed by atoms with E-state index in [1.54, 1.807) is 0 Å². The zero-order valence-corrected chi connectivity index (χ0v) is 9.56. The summed E-state index contributed by atoms with van der Waals surface area (Å²) < 4.78 is 0. The van der Waals surface area contributed by atoms with Gasteiger partial charge in [0, 0.05) is 10.4 Å². The molecule has 1 fully saturated rings. The van der Waals surface area contributed by atoms with Gasteiger partial charge in [-0.25, -0.2) is 0 Å². The zero-order valence-electron chi connectivity index (χ0n) is 8.05. The molecule has 14 heavy (non-hydrogen) atoms. The number of halogens is 2. The summed E-state index contributed by atoms with van der Waals surface area (Å²) in [4.78, 5) is 0. The summed E-state index contributed by atoms with van der Waals surface area (Å²) in [6.07, 6.45) is 4.81. The molecule has 1 aromatic carbocycles. The number of rotatable bonds is 1. The average molecular weight is 229 g/mol. The van der Waals surface area contributed by atoms with Crippen LogP contribution in [0.15, 0.2) is 24.3 Å². The van der Waals surface area contributed by atoms with E-state index in [-0.39, 0.29) is 0 Å². The molecular formula is C12H14Cl2. The summed E-state index contributed by atoms with van der Waals surface area (Å²) in [5.41, 5.74) is 1.39. The molecule has 2 atom stereocenters. The third-order valence-corrected chi connectivity index (χ3v) is 3.60. The van der Waals surface area contributed by atoms with Crippen LogP contribution in [0.5, 0.6) is 0 Å². The van der Waals surface area contributed by atoms with Crippen LogP contribution in [-0.2, 0) is 0 Å². The first-order chi connectivity index (χ1) is 6.75. The molecule has 1 aromatic rings. The van der Waals surface area contributed by atoms with Gasteiger partial charge in [-0.3, -0.25) is 0 Å². The second-order valence-electron chi connectivity index (χ2n) is 4.01. The molecule has 0 aliphatic heterocycles. The Hall–Kier alpha value is -0.200. The molecule has 0 heterocycles. The predicted molar refractivity (Wildman–Crippen MR) is 62.3 cm³/mol. The Morgan fingerprint density at radius 1 is 1.07 bits per heavy atom. The van der Waals surface area contributed by atoms with E-state index in [1.165, 1.54) is 24.8 Å². The summed E-state index contributed by atoms with van der Waals surface area (Å²) in [6.45, 7) is 0. The maximum atomic E-state index is 6.17. The highest BCUT2D eigenvalue weighted by Gasteiger charge is 2.21. The van der Waals surface area contributed by atoms with Crippen molar-refractivity contribution in [1.29, 1.82) is 0 Å². The van der Waals surface area contributed by atoms with Gasteiger partial charge in [0.05, 0.1) is 0 Å². The van der Waals surface area contributed by atoms with Crippen LogP contribution in [0.1, 0.15) is 37.2 Å². The van der Waals surface area contributed by atoms with Gasteiger partial charge in [-0.05, 0) is 42.9 Å². The fourth-order valence-corrected chi connectivity index (χ4v) is 2.66. The first-order valence-electron chi connectivity index (χ1n) is 5.15. The van der Waals surface area contributed by atoms with Crippen molar-refractivity contribution in [2.24, 2.45) is 0 Å². The van der Waals surface area contributed by atoms with Crippen LogP contribution in [0.25, 0.3) is 0 Å². The van der Waals surface area contributed by atoms with E-state index in [1.807, 2.05) is 12.1 Å². The predicted octanol–water partition coefficient (Wildman–Crippen LogP) is 4.61. The highest BCUT2D eigenvalue weighted by Crippen LogP contribution is 2.35. The maximum absolute atomic E-state index is 6.17. The van der Waals surface area contributed by atoms with Crippen molar-refractivity contribution < 1.29 is 0 Å². The smallest absolute Gasteiger partial charge is 0.0406 e. The Labute approximate surface area is 95.2 Å². The Kier molecular flexibility index (Phi) is 3.35.